The number of benzene rings is 1. The third-order valence-corrected chi connectivity index (χ3v) is 5.89. The molecule has 0 radical (unpaired) electrons. The Kier molecular flexibility index (Phi) is 3.76. The van der Waals surface area contributed by atoms with E-state index in [2.05, 4.69) is 50.6 Å². The molecule has 1 aromatic carbocycles. The largest absolute Gasteiger partial charge is 0.328 e. The second kappa shape index (κ2) is 6.27. The van der Waals surface area contributed by atoms with Gasteiger partial charge in [0.05, 0.1) is 12.1 Å². The summed E-state index contributed by atoms with van der Waals surface area (Å²) in [5.41, 5.74) is 2.66. The van der Waals surface area contributed by atoms with Gasteiger partial charge in [-0.05, 0) is 43.2 Å². The molecule has 26 heavy (non-hydrogen) atoms. The normalized spacial score (nSPS) is 27.0. The lowest BCUT2D eigenvalue weighted by atomic mass is 9.95. The van der Waals surface area contributed by atoms with Gasteiger partial charge in [0.25, 0.3) is 0 Å². The Morgan fingerprint density at radius 1 is 1.15 bits per heavy atom. The Balaban J connectivity index is 1.34. The molecule has 3 atom stereocenters. The van der Waals surface area contributed by atoms with E-state index >= 15 is 0 Å². The fourth-order valence-electron chi connectivity index (χ4n) is 4.66. The van der Waals surface area contributed by atoms with Crippen molar-refractivity contribution in [3.05, 3.63) is 54.1 Å². The van der Waals surface area contributed by atoms with E-state index in [0.717, 1.165) is 44.5 Å². The number of hydrogen-bond donors (Lipinski definition) is 1. The maximum absolute atomic E-state index is 13.0. The van der Waals surface area contributed by atoms with Gasteiger partial charge in [-0.15, -0.1) is 0 Å². The summed E-state index contributed by atoms with van der Waals surface area (Å²) in [5, 5.41) is 7.46. The van der Waals surface area contributed by atoms with Crippen LogP contribution < -0.4 is 5.32 Å². The summed E-state index contributed by atoms with van der Waals surface area (Å²) < 4.78 is 1.91. The van der Waals surface area contributed by atoms with Gasteiger partial charge in [-0.2, -0.15) is 5.10 Å². The van der Waals surface area contributed by atoms with Crippen LogP contribution in [0.15, 0.2) is 42.7 Å². The highest BCUT2D eigenvalue weighted by atomic mass is 16.2. The minimum absolute atomic E-state index is 0.0300. The Bertz CT molecular complexity index is 843. The molecule has 4 heterocycles. The molecule has 2 aromatic rings. The van der Waals surface area contributed by atoms with E-state index in [9.17, 15) is 4.79 Å². The highest BCUT2D eigenvalue weighted by molar-refractivity contribution is 5.79. The molecule has 1 aromatic heterocycles. The van der Waals surface area contributed by atoms with Gasteiger partial charge in [0.2, 0.25) is 0 Å². The van der Waals surface area contributed by atoms with Crippen LogP contribution in [0, 0.1) is 0 Å². The molecule has 6 heteroatoms. The van der Waals surface area contributed by atoms with E-state index in [1.807, 2.05) is 10.7 Å². The fourth-order valence-corrected chi connectivity index (χ4v) is 4.66. The summed E-state index contributed by atoms with van der Waals surface area (Å²) in [6.45, 7) is 0.889. The molecule has 0 spiro atoms. The number of nitrogens with zero attached hydrogens (tertiary/aromatic N) is 4. The van der Waals surface area contributed by atoms with E-state index in [4.69, 9.17) is 0 Å². The lowest BCUT2D eigenvalue weighted by molar-refractivity contribution is 0.172. The molecule has 5 rings (SSSR count). The average molecular weight is 349 g/mol. The number of amides is 2. The second-order valence-electron chi connectivity index (χ2n) is 7.45. The molecule has 2 amide bonds. The number of aromatic nitrogens is 3. The molecule has 1 saturated heterocycles. The first kappa shape index (κ1) is 15.6. The maximum atomic E-state index is 13.0. The molecule has 1 fully saturated rings. The zero-order valence-electron chi connectivity index (χ0n) is 14.7. The van der Waals surface area contributed by atoms with Crippen LogP contribution in [0.1, 0.15) is 49.5 Å². The maximum Gasteiger partial charge on any atom is 0.318 e. The fraction of sp³-hybridized carbons (Fsp3) is 0.450. The van der Waals surface area contributed by atoms with Gasteiger partial charge in [-0.25, -0.2) is 14.5 Å². The van der Waals surface area contributed by atoms with Crippen LogP contribution in [0.25, 0.3) is 5.57 Å². The third kappa shape index (κ3) is 2.60. The summed E-state index contributed by atoms with van der Waals surface area (Å²) in [6, 6.07) is 11.0. The molecule has 134 valence electrons. The zero-order valence-corrected chi connectivity index (χ0v) is 14.7. The average Bonchev–Trinajstić information content (AvgIpc) is 3.25. The predicted molar refractivity (Wildman–Crippen MR) is 98.2 cm³/mol. The van der Waals surface area contributed by atoms with Crippen molar-refractivity contribution < 1.29 is 4.79 Å². The van der Waals surface area contributed by atoms with Crippen LogP contribution in [0.4, 0.5) is 4.79 Å². The molecular formula is C20H23N5O. The van der Waals surface area contributed by atoms with Crippen LogP contribution in [-0.4, -0.2) is 37.8 Å². The first-order chi connectivity index (χ1) is 12.8. The number of urea groups is 1. The molecule has 0 unspecified atom stereocenters. The van der Waals surface area contributed by atoms with Crippen LogP contribution >= 0.6 is 0 Å². The SMILES string of the molecule is O=C(N[C@@H]1CCCn2ncnc21)N1[C@@H]2CC[C@@H]1C=C(c1ccccc1)C2. The molecule has 0 saturated carbocycles. The Morgan fingerprint density at radius 2 is 2.04 bits per heavy atom. The molecule has 2 bridgehead atoms. The minimum atomic E-state index is -0.0300. The lowest BCUT2D eigenvalue weighted by Gasteiger charge is -2.35. The summed E-state index contributed by atoms with van der Waals surface area (Å²) in [7, 11) is 0. The standard InChI is InChI=1S/C20H23N5O/c26-20(23-18-7-4-10-24-19(18)21-13-22-24)25-16-8-9-17(25)12-15(11-16)14-5-2-1-3-6-14/h1-3,5-6,11,13,16-18H,4,7-10,12H2,(H,23,26)/t16-,17-,18-/m1/s1. The van der Waals surface area contributed by atoms with Gasteiger partial charge >= 0.3 is 6.03 Å². The van der Waals surface area contributed by atoms with Crippen LogP contribution in [0.2, 0.25) is 0 Å². The zero-order chi connectivity index (χ0) is 17.5. The third-order valence-electron chi connectivity index (χ3n) is 5.89. The topological polar surface area (TPSA) is 63.1 Å². The van der Waals surface area contributed by atoms with Crippen LogP contribution in [0.3, 0.4) is 0 Å². The van der Waals surface area contributed by atoms with Crippen molar-refractivity contribution in [3.63, 3.8) is 0 Å². The number of rotatable bonds is 2. The molecule has 3 aliphatic heterocycles. The second-order valence-corrected chi connectivity index (χ2v) is 7.45. The Labute approximate surface area is 152 Å². The summed E-state index contributed by atoms with van der Waals surface area (Å²) in [4.78, 5) is 19.4. The lowest BCUT2D eigenvalue weighted by Crippen LogP contribution is -2.49. The smallest absolute Gasteiger partial charge is 0.318 e. The van der Waals surface area contributed by atoms with E-state index in [1.165, 1.54) is 11.1 Å². The van der Waals surface area contributed by atoms with E-state index in [-0.39, 0.29) is 18.1 Å². The quantitative estimate of drug-likeness (QED) is 0.906. The summed E-state index contributed by atoms with van der Waals surface area (Å²) >= 11 is 0. The first-order valence-corrected chi connectivity index (χ1v) is 9.52. The Hall–Kier alpha value is -2.63. The molecule has 6 nitrogen and oxygen atoms in total. The van der Waals surface area contributed by atoms with Gasteiger partial charge in [0.1, 0.15) is 12.2 Å². The highest BCUT2D eigenvalue weighted by Gasteiger charge is 2.40. The van der Waals surface area contributed by atoms with Gasteiger partial charge in [-0.1, -0.05) is 36.4 Å². The number of carbonyl (C=O) groups excluding carboxylic acids is 1. The van der Waals surface area contributed by atoms with Gasteiger partial charge in [0, 0.05) is 12.6 Å². The number of hydrogen-bond acceptors (Lipinski definition) is 3. The molecular weight excluding hydrogens is 326 g/mol. The molecule has 0 aliphatic carbocycles. The van der Waals surface area contributed by atoms with Crippen molar-refractivity contribution in [2.24, 2.45) is 0 Å². The van der Waals surface area contributed by atoms with E-state index in [0.29, 0.717) is 6.04 Å². The van der Waals surface area contributed by atoms with Crippen molar-refractivity contribution in [2.45, 2.75) is 56.8 Å². The monoisotopic (exact) mass is 349 g/mol. The van der Waals surface area contributed by atoms with Crippen LogP contribution in [-0.2, 0) is 6.54 Å². The molecule has 3 aliphatic rings. The van der Waals surface area contributed by atoms with Crippen molar-refractivity contribution in [1.29, 1.82) is 0 Å². The van der Waals surface area contributed by atoms with Crippen molar-refractivity contribution in [1.82, 2.24) is 25.0 Å². The predicted octanol–water partition coefficient (Wildman–Crippen LogP) is 3.14. The van der Waals surface area contributed by atoms with Gasteiger partial charge < -0.3 is 10.2 Å². The highest BCUT2D eigenvalue weighted by Crippen LogP contribution is 2.38. The van der Waals surface area contributed by atoms with Crippen LogP contribution in [0.5, 0.6) is 0 Å². The Morgan fingerprint density at radius 3 is 2.88 bits per heavy atom. The molecule has 1 N–H and O–H groups in total. The van der Waals surface area contributed by atoms with Gasteiger partial charge in [0.15, 0.2) is 0 Å². The van der Waals surface area contributed by atoms with Crippen molar-refractivity contribution in [3.8, 4) is 0 Å². The number of carbonyl (C=O) groups is 1. The van der Waals surface area contributed by atoms with Crippen molar-refractivity contribution >= 4 is 11.6 Å². The minimum Gasteiger partial charge on any atom is -0.328 e. The number of aryl methyl sites for hydroxylation is 1. The number of fused-ring (bicyclic) bond motifs is 3. The summed E-state index contributed by atoms with van der Waals surface area (Å²) in [6.07, 6.45) is 8.89. The van der Waals surface area contributed by atoms with Crippen molar-refractivity contribution in [2.75, 3.05) is 0 Å². The number of nitrogens with one attached hydrogen (secondary N) is 1. The first-order valence-electron chi connectivity index (χ1n) is 9.52. The van der Waals surface area contributed by atoms with Gasteiger partial charge in [-0.3, -0.25) is 0 Å². The van der Waals surface area contributed by atoms with E-state index < -0.39 is 0 Å². The van der Waals surface area contributed by atoms with E-state index in [1.54, 1.807) is 6.33 Å². The summed E-state index contributed by atoms with van der Waals surface area (Å²) in [5.74, 6) is 0.884.